The van der Waals surface area contributed by atoms with Gasteiger partial charge in [-0.2, -0.15) is 0 Å². The van der Waals surface area contributed by atoms with E-state index in [1.807, 2.05) is 0 Å². The molecule has 2 heterocycles. The molecular formula is C15H21IN2. The number of piperazine rings is 1. The van der Waals surface area contributed by atoms with E-state index in [1.54, 1.807) is 0 Å². The highest BCUT2D eigenvalue weighted by atomic mass is 127. The minimum atomic E-state index is 0.637. The SMILES string of the molecule is CC1CN2CCCCC2CN1c1cccc(I)c1. The zero-order valence-electron chi connectivity index (χ0n) is 11.0. The van der Waals surface area contributed by atoms with Crippen LogP contribution in [0.3, 0.4) is 0 Å². The number of halogens is 1. The maximum absolute atomic E-state index is 2.71. The van der Waals surface area contributed by atoms with Gasteiger partial charge in [-0.3, -0.25) is 4.90 Å². The van der Waals surface area contributed by atoms with Crippen molar-refractivity contribution >= 4 is 28.3 Å². The number of hydrogen-bond acceptors (Lipinski definition) is 2. The summed E-state index contributed by atoms with van der Waals surface area (Å²) in [4.78, 5) is 5.31. The molecule has 0 N–H and O–H groups in total. The van der Waals surface area contributed by atoms with Gasteiger partial charge in [0, 0.05) is 34.4 Å². The number of piperidine rings is 1. The Bertz CT molecular complexity index is 421. The first-order valence-corrected chi connectivity index (χ1v) is 8.08. The molecule has 0 bridgehead atoms. The average Bonchev–Trinajstić information content (AvgIpc) is 2.38. The van der Waals surface area contributed by atoms with Crippen LogP contribution in [0.5, 0.6) is 0 Å². The summed E-state index contributed by atoms with van der Waals surface area (Å²) >= 11 is 2.41. The van der Waals surface area contributed by atoms with Crippen molar-refractivity contribution in [3.8, 4) is 0 Å². The summed E-state index contributed by atoms with van der Waals surface area (Å²) in [6.45, 7) is 6.12. The lowest BCUT2D eigenvalue weighted by Gasteiger charge is -2.48. The number of anilines is 1. The van der Waals surface area contributed by atoms with Crippen LogP contribution in [0.2, 0.25) is 0 Å². The predicted molar refractivity (Wildman–Crippen MR) is 85.2 cm³/mol. The first-order valence-electron chi connectivity index (χ1n) is 7.00. The summed E-state index contributed by atoms with van der Waals surface area (Å²) in [5.74, 6) is 0. The van der Waals surface area contributed by atoms with Crippen molar-refractivity contribution in [2.24, 2.45) is 0 Å². The van der Waals surface area contributed by atoms with Crippen LogP contribution >= 0.6 is 22.6 Å². The quantitative estimate of drug-likeness (QED) is 0.712. The van der Waals surface area contributed by atoms with E-state index < -0.39 is 0 Å². The van der Waals surface area contributed by atoms with Gasteiger partial charge in [-0.15, -0.1) is 0 Å². The molecule has 3 rings (SSSR count). The molecule has 2 atom stereocenters. The van der Waals surface area contributed by atoms with Gasteiger partial charge in [0.25, 0.3) is 0 Å². The third-order valence-electron chi connectivity index (χ3n) is 4.33. The van der Waals surface area contributed by atoms with Crippen molar-refractivity contribution in [1.82, 2.24) is 4.90 Å². The van der Waals surface area contributed by atoms with E-state index in [2.05, 4.69) is 63.6 Å². The van der Waals surface area contributed by atoms with Gasteiger partial charge in [-0.25, -0.2) is 0 Å². The number of nitrogens with zero attached hydrogens (tertiary/aromatic N) is 2. The summed E-state index contributed by atoms with van der Waals surface area (Å²) in [7, 11) is 0. The predicted octanol–water partition coefficient (Wildman–Crippen LogP) is 3.35. The summed E-state index contributed by atoms with van der Waals surface area (Å²) in [5.41, 5.74) is 1.40. The fraction of sp³-hybridized carbons (Fsp3) is 0.600. The summed E-state index contributed by atoms with van der Waals surface area (Å²) in [6.07, 6.45) is 4.19. The Morgan fingerprint density at radius 3 is 2.94 bits per heavy atom. The average molecular weight is 356 g/mol. The second kappa shape index (κ2) is 5.37. The smallest absolute Gasteiger partial charge is 0.0389 e. The molecule has 0 radical (unpaired) electrons. The van der Waals surface area contributed by atoms with Gasteiger partial charge in [-0.1, -0.05) is 12.5 Å². The molecule has 18 heavy (non-hydrogen) atoms. The molecule has 2 unspecified atom stereocenters. The van der Waals surface area contributed by atoms with Gasteiger partial charge in [0.1, 0.15) is 0 Å². The molecule has 0 spiro atoms. The Hall–Kier alpha value is -0.290. The van der Waals surface area contributed by atoms with E-state index in [-0.39, 0.29) is 0 Å². The molecule has 2 fully saturated rings. The first kappa shape index (κ1) is 12.7. The van der Waals surface area contributed by atoms with Crippen LogP contribution < -0.4 is 4.90 Å². The van der Waals surface area contributed by atoms with Crippen molar-refractivity contribution < 1.29 is 0 Å². The fourth-order valence-electron chi connectivity index (χ4n) is 3.37. The van der Waals surface area contributed by atoms with Crippen LogP contribution in [0.15, 0.2) is 24.3 Å². The molecule has 2 aliphatic rings. The highest BCUT2D eigenvalue weighted by Gasteiger charge is 2.32. The number of rotatable bonds is 1. The zero-order valence-corrected chi connectivity index (χ0v) is 13.1. The van der Waals surface area contributed by atoms with Gasteiger partial charge in [-0.05, 0) is 67.1 Å². The Labute approximate surface area is 123 Å². The van der Waals surface area contributed by atoms with Crippen molar-refractivity contribution in [2.45, 2.75) is 38.3 Å². The second-order valence-corrected chi connectivity index (χ2v) is 6.87. The van der Waals surface area contributed by atoms with Gasteiger partial charge in [0.2, 0.25) is 0 Å². The van der Waals surface area contributed by atoms with Crippen molar-refractivity contribution in [2.75, 3.05) is 24.5 Å². The summed E-state index contributed by atoms with van der Waals surface area (Å²) in [6, 6.07) is 10.3. The van der Waals surface area contributed by atoms with E-state index in [9.17, 15) is 0 Å². The minimum Gasteiger partial charge on any atom is -0.366 e. The van der Waals surface area contributed by atoms with E-state index in [4.69, 9.17) is 0 Å². The van der Waals surface area contributed by atoms with Crippen molar-refractivity contribution in [1.29, 1.82) is 0 Å². The highest BCUT2D eigenvalue weighted by Crippen LogP contribution is 2.28. The monoisotopic (exact) mass is 356 g/mol. The Balaban J connectivity index is 1.80. The molecule has 2 saturated heterocycles. The van der Waals surface area contributed by atoms with Crippen LogP contribution in [0.25, 0.3) is 0 Å². The molecule has 0 saturated carbocycles. The number of hydrogen-bond donors (Lipinski definition) is 0. The van der Waals surface area contributed by atoms with Gasteiger partial charge in [0.05, 0.1) is 0 Å². The van der Waals surface area contributed by atoms with E-state index in [0.29, 0.717) is 6.04 Å². The van der Waals surface area contributed by atoms with Crippen molar-refractivity contribution in [3.05, 3.63) is 27.8 Å². The first-order chi connectivity index (χ1) is 8.74. The highest BCUT2D eigenvalue weighted by molar-refractivity contribution is 14.1. The third kappa shape index (κ3) is 2.52. The van der Waals surface area contributed by atoms with E-state index in [1.165, 1.54) is 48.2 Å². The lowest BCUT2D eigenvalue weighted by Crippen LogP contribution is -2.58. The molecule has 1 aromatic rings. The molecule has 0 amide bonds. The van der Waals surface area contributed by atoms with Crippen LogP contribution in [0.4, 0.5) is 5.69 Å². The number of fused-ring (bicyclic) bond motifs is 1. The number of benzene rings is 1. The Morgan fingerprint density at radius 2 is 2.11 bits per heavy atom. The molecule has 0 aliphatic carbocycles. The van der Waals surface area contributed by atoms with E-state index >= 15 is 0 Å². The zero-order chi connectivity index (χ0) is 12.5. The Morgan fingerprint density at radius 1 is 1.22 bits per heavy atom. The molecular weight excluding hydrogens is 335 g/mol. The van der Waals surface area contributed by atoms with Gasteiger partial charge < -0.3 is 4.90 Å². The molecule has 1 aromatic carbocycles. The van der Waals surface area contributed by atoms with Crippen LogP contribution in [-0.2, 0) is 0 Å². The summed E-state index contributed by atoms with van der Waals surface area (Å²) in [5, 5.41) is 0. The molecule has 2 aliphatic heterocycles. The lowest BCUT2D eigenvalue weighted by atomic mass is 9.97. The standard InChI is InChI=1S/C15H21IN2/c1-12-10-17-8-3-2-6-15(17)11-18(12)14-7-4-5-13(16)9-14/h4-5,7,9,12,15H,2-3,6,8,10-11H2,1H3. The maximum atomic E-state index is 2.71. The third-order valence-corrected chi connectivity index (χ3v) is 5.00. The van der Waals surface area contributed by atoms with Crippen LogP contribution in [0.1, 0.15) is 26.2 Å². The Kier molecular flexibility index (Phi) is 3.80. The van der Waals surface area contributed by atoms with E-state index in [0.717, 1.165) is 6.04 Å². The lowest BCUT2D eigenvalue weighted by molar-refractivity contribution is 0.115. The fourth-order valence-corrected chi connectivity index (χ4v) is 3.89. The molecule has 3 heteroatoms. The van der Waals surface area contributed by atoms with Gasteiger partial charge >= 0.3 is 0 Å². The molecule has 0 aromatic heterocycles. The summed E-state index contributed by atoms with van der Waals surface area (Å²) < 4.78 is 1.34. The largest absolute Gasteiger partial charge is 0.366 e. The van der Waals surface area contributed by atoms with Crippen molar-refractivity contribution in [3.63, 3.8) is 0 Å². The second-order valence-electron chi connectivity index (χ2n) is 5.63. The van der Waals surface area contributed by atoms with Crippen LogP contribution in [0, 0.1) is 3.57 Å². The minimum absolute atomic E-state index is 0.637. The molecule has 2 nitrogen and oxygen atoms in total. The van der Waals surface area contributed by atoms with Crippen LogP contribution in [-0.4, -0.2) is 36.6 Å². The topological polar surface area (TPSA) is 6.48 Å². The maximum Gasteiger partial charge on any atom is 0.0389 e. The molecule has 98 valence electrons. The van der Waals surface area contributed by atoms with Gasteiger partial charge in [0.15, 0.2) is 0 Å². The normalized spacial score (nSPS) is 29.1.